The van der Waals surface area contributed by atoms with Crippen LogP contribution in [0.1, 0.15) is 21.7 Å². The fourth-order valence-electron chi connectivity index (χ4n) is 1.09. The number of hydrogen-bond acceptors (Lipinski definition) is 3. The van der Waals surface area contributed by atoms with E-state index < -0.39 is 48.8 Å². The van der Waals surface area contributed by atoms with E-state index in [9.17, 15) is 13.2 Å². The number of nitrogens with two attached hydrogens (primary N) is 1. The van der Waals surface area contributed by atoms with Crippen LogP contribution in [0.4, 0.5) is 19.0 Å². The van der Waals surface area contributed by atoms with Gasteiger partial charge in [0.05, 0.1) is 2.74 Å². The fourth-order valence-corrected chi connectivity index (χ4v) is 1.09. The Morgan fingerprint density at radius 1 is 1.62 bits per heavy atom. The van der Waals surface area contributed by atoms with Crippen LogP contribution in [0.5, 0.6) is 0 Å². The van der Waals surface area contributed by atoms with E-state index >= 15 is 0 Å². The van der Waals surface area contributed by atoms with E-state index in [1.54, 1.807) is 0 Å². The molecule has 0 saturated carbocycles. The second-order valence-corrected chi connectivity index (χ2v) is 2.91. The molecular formula is C10H12F3N3. The highest BCUT2D eigenvalue weighted by Crippen LogP contribution is 2.29. The molecule has 1 aromatic heterocycles. The standard InChI is InChI=1S/C10H12F3N3/c11-10(12,13)8-2-1-3-9(15-8)16-5-4-7(14)6-16/h1-3,7H,4-6,14H2/t7-/m1/s1/i4D2,5D2,6D2,7D/hD2. The molecule has 0 aromatic carbocycles. The molecule has 16 heavy (non-hydrogen) atoms. The molecule has 2 heterocycles. The smallest absolute Gasteiger partial charge is 0.355 e. The fraction of sp³-hybridized carbons (Fsp3) is 0.500. The minimum atomic E-state index is -4.91. The largest absolute Gasteiger partial charge is 0.433 e. The van der Waals surface area contributed by atoms with Gasteiger partial charge in [0.1, 0.15) is 14.3 Å². The molecule has 88 valence electrons. The monoisotopic (exact) mass is 240 g/mol. The molecule has 1 aromatic rings. The number of alkyl halides is 3. The van der Waals surface area contributed by atoms with E-state index in [4.69, 9.17) is 12.4 Å². The Labute approximate surface area is 104 Å². The van der Waals surface area contributed by atoms with Crippen LogP contribution in [0.25, 0.3) is 0 Å². The third kappa shape index (κ3) is 2.27. The van der Waals surface area contributed by atoms with Crippen molar-refractivity contribution in [2.24, 2.45) is 5.72 Å². The van der Waals surface area contributed by atoms with E-state index in [2.05, 4.69) is 4.98 Å². The molecule has 1 fully saturated rings. The van der Waals surface area contributed by atoms with Gasteiger partial charge in [-0.15, -0.1) is 0 Å². The molecule has 0 amide bonds. The highest BCUT2D eigenvalue weighted by atomic mass is 19.4. The minimum Gasteiger partial charge on any atom is -0.355 e. The summed E-state index contributed by atoms with van der Waals surface area (Å²) in [5.41, 5.74) is -2.11. The Morgan fingerprint density at radius 3 is 3.06 bits per heavy atom. The van der Waals surface area contributed by atoms with Crippen molar-refractivity contribution >= 4 is 5.82 Å². The summed E-state index contributed by atoms with van der Waals surface area (Å²) in [5, 5.41) is 0. The van der Waals surface area contributed by atoms with Gasteiger partial charge in [-0.05, 0) is 18.5 Å². The molecule has 2 N–H and O–H groups in total. The third-order valence-corrected chi connectivity index (χ3v) is 1.76. The van der Waals surface area contributed by atoms with Gasteiger partial charge in [0.25, 0.3) is 0 Å². The summed E-state index contributed by atoms with van der Waals surface area (Å²) in [6.07, 6.45) is -8.38. The van der Waals surface area contributed by atoms with Crippen molar-refractivity contribution in [3.05, 3.63) is 23.9 Å². The second-order valence-electron chi connectivity index (χ2n) is 2.91. The van der Waals surface area contributed by atoms with Crippen LogP contribution in [-0.4, -0.2) is 24.0 Å². The molecule has 0 unspecified atom stereocenters. The molecule has 1 atom stereocenters. The zero-order valence-corrected chi connectivity index (χ0v) is 7.71. The van der Waals surface area contributed by atoms with Gasteiger partial charge < -0.3 is 10.6 Å². The van der Waals surface area contributed by atoms with Gasteiger partial charge in [0.15, 0.2) is 0 Å². The first-order valence-corrected chi connectivity index (χ1v) is 4.15. The van der Waals surface area contributed by atoms with Crippen LogP contribution in [0.3, 0.4) is 0 Å². The quantitative estimate of drug-likeness (QED) is 0.854. The average molecular weight is 240 g/mol. The maximum absolute atomic E-state index is 12.8. The first-order valence-electron chi connectivity index (χ1n) is 8.55. The van der Waals surface area contributed by atoms with Crippen LogP contribution in [0.15, 0.2) is 18.2 Å². The van der Waals surface area contributed by atoms with Gasteiger partial charge in [-0.2, -0.15) is 13.2 Å². The summed E-state index contributed by atoms with van der Waals surface area (Å²) < 4.78 is 108. The topological polar surface area (TPSA) is 42.1 Å². The van der Waals surface area contributed by atoms with Crippen LogP contribution in [-0.2, 0) is 6.18 Å². The SMILES string of the molecule is [2H]N([2H])[C@@]1([2H])C([2H])([2H])N(c2cccc(C(F)(F)F)n2)C([2H])([2H])C1([2H])[2H]. The molecule has 0 bridgehead atoms. The van der Waals surface area contributed by atoms with Gasteiger partial charge in [0, 0.05) is 25.9 Å². The number of halogens is 3. The summed E-state index contributed by atoms with van der Waals surface area (Å²) in [6.45, 7) is -6.78. The lowest BCUT2D eigenvalue weighted by molar-refractivity contribution is -0.141. The van der Waals surface area contributed by atoms with Crippen LogP contribution < -0.4 is 10.6 Å². The number of rotatable bonds is 2. The molecule has 6 heteroatoms. The van der Waals surface area contributed by atoms with Crippen molar-refractivity contribution in [3.8, 4) is 0 Å². The summed E-state index contributed by atoms with van der Waals surface area (Å²) in [4.78, 5) is 3.07. The second kappa shape index (κ2) is 3.93. The Hall–Kier alpha value is -1.30. The van der Waals surface area contributed by atoms with E-state index in [0.717, 1.165) is 12.1 Å². The van der Waals surface area contributed by atoms with Gasteiger partial charge in [-0.25, -0.2) is 4.98 Å². The molecular weight excluding hydrogens is 219 g/mol. The predicted molar refractivity (Wildman–Crippen MR) is 54.0 cm³/mol. The highest BCUT2D eigenvalue weighted by molar-refractivity contribution is 5.41. The maximum atomic E-state index is 12.8. The van der Waals surface area contributed by atoms with Crippen LogP contribution >= 0.6 is 0 Å². The first kappa shape index (κ1) is 4.52. The lowest BCUT2D eigenvalue weighted by atomic mass is 10.3. The van der Waals surface area contributed by atoms with Crippen molar-refractivity contribution in [1.82, 2.24) is 4.98 Å². The number of anilines is 1. The van der Waals surface area contributed by atoms with Crippen molar-refractivity contribution in [3.63, 3.8) is 0 Å². The molecule has 0 radical (unpaired) electrons. The third-order valence-electron chi connectivity index (χ3n) is 1.76. The molecule has 2 rings (SSSR count). The molecule has 1 aliphatic rings. The van der Waals surface area contributed by atoms with Crippen molar-refractivity contribution in [2.45, 2.75) is 18.6 Å². The summed E-state index contributed by atoms with van der Waals surface area (Å²) >= 11 is 0. The van der Waals surface area contributed by atoms with E-state index in [1.165, 1.54) is 0 Å². The molecule has 3 nitrogen and oxygen atoms in total. The summed E-state index contributed by atoms with van der Waals surface area (Å²) in [5.74, 6) is -0.912. The zero-order chi connectivity index (χ0) is 19.6. The highest BCUT2D eigenvalue weighted by Gasteiger charge is 2.33. The molecule has 1 saturated heterocycles. The number of nitrogens with zero attached hydrogens (tertiary/aromatic N) is 2. The first-order chi connectivity index (χ1) is 11.0. The summed E-state index contributed by atoms with van der Waals surface area (Å²) in [7, 11) is 0. The average Bonchev–Trinajstić information content (AvgIpc) is 2.52. The Bertz CT molecular complexity index is 681. The van der Waals surface area contributed by atoms with Crippen molar-refractivity contribution in [1.29, 1.82) is 0 Å². The number of hydrogen-bond donors (Lipinski definition) is 1. The number of pyridine rings is 1. The maximum Gasteiger partial charge on any atom is 0.433 e. The van der Waals surface area contributed by atoms with Crippen molar-refractivity contribution < 1.29 is 25.6 Å². The van der Waals surface area contributed by atoms with Crippen LogP contribution in [0.2, 0.25) is 2.82 Å². The Morgan fingerprint density at radius 2 is 2.44 bits per heavy atom. The molecule has 0 aliphatic carbocycles. The summed E-state index contributed by atoms with van der Waals surface area (Å²) in [6, 6.07) is -1.20. The van der Waals surface area contributed by atoms with Crippen LogP contribution in [0, 0.1) is 0 Å². The zero-order valence-electron chi connectivity index (χ0n) is 16.7. The Balaban J connectivity index is 2.74. The minimum absolute atomic E-state index is 0.0711. The van der Waals surface area contributed by atoms with Gasteiger partial charge in [-0.3, -0.25) is 0 Å². The van der Waals surface area contributed by atoms with Gasteiger partial charge in [-0.1, -0.05) is 6.07 Å². The molecule has 0 spiro atoms. The van der Waals surface area contributed by atoms with Gasteiger partial charge >= 0.3 is 6.18 Å². The van der Waals surface area contributed by atoms with E-state index in [1.807, 2.05) is 0 Å². The van der Waals surface area contributed by atoms with E-state index in [-0.39, 0.29) is 4.90 Å². The lowest BCUT2D eigenvalue weighted by Crippen LogP contribution is -2.27. The van der Waals surface area contributed by atoms with E-state index in [0.29, 0.717) is 6.07 Å². The Kier molecular flexibility index (Phi) is 1.11. The lowest BCUT2D eigenvalue weighted by Gasteiger charge is -2.17. The van der Waals surface area contributed by atoms with Crippen molar-refractivity contribution in [2.75, 3.05) is 17.9 Å². The van der Waals surface area contributed by atoms with Gasteiger partial charge in [0.2, 0.25) is 0 Å². The normalized spacial score (nSPS) is 44.0. The molecule has 1 aliphatic heterocycles. The predicted octanol–water partition coefficient (Wildman–Crippen LogP) is 1.64. The number of aromatic nitrogens is 1.